The third kappa shape index (κ3) is 6.21. The molecule has 4 rings (SSSR count). The molecule has 0 amide bonds. The zero-order valence-electron chi connectivity index (χ0n) is 19.4. The summed E-state index contributed by atoms with van der Waals surface area (Å²) in [5.41, 5.74) is 6.71. The molecule has 0 radical (unpaired) electrons. The van der Waals surface area contributed by atoms with Gasteiger partial charge in [-0.3, -0.25) is 4.31 Å². The van der Waals surface area contributed by atoms with E-state index in [0.717, 1.165) is 12.8 Å². The van der Waals surface area contributed by atoms with Crippen LogP contribution >= 0.6 is 66.7 Å². The summed E-state index contributed by atoms with van der Waals surface area (Å²) in [7, 11) is 0. The summed E-state index contributed by atoms with van der Waals surface area (Å²) < 4.78 is 8.30. The predicted octanol–water partition coefficient (Wildman–Crippen LogP) is 10.3. The van der Waals surface area contributed by atoms with Crippen molar-refractivity contribution in [2.45, 2.75) is 78.1 Å². The molecule has 0 atom stereocenters. The van der Waals surface area contributed by atoms with Crippen molar-refractivity contribution in [2.75, 3.05) is 0 Å². The van der Waals surface area contributed by atoms with E-state index in [-0.39, 0.29) is 0 Å². The molecular weight excluding hydrogens is 596 g/mol. The van der Waals surface area contributed by atoms with Gasteiger partial charge in [0.15, 0.2) is 0 Å². The number of nitrogens with zero attached hydrogens (tertiary/aromatic N) is 1. The minimum atomic E-state index is 1.16. The van der Waals surface area contributed by atoms with Gasteiger partial charge >= 0.3 is 0 Å². The quantitative estimate of drug-likeness (QED) is 0.186. The van der Waals surface area contributed by atoms with Gasteiger partial charge in [0, 0.05) is 16.7 Å². The van der Waals surface area contributed by atoms with E-state index in [1.165, 1.54) is 96.8 Å². The number of hydrogen-bond acceptors (Lipinski definition) is 5. The Morgan fingerprint density at radius 2 is 1.36 bits per heavy atom. The van der Waals surface area contributed by atoms with Crippen LogP contribution in [0.25, 0.3) is 11.3 Å². The first-order valence-electron chi connectivity index (χ1n) is 12.0. The van der Waals surface area contributed by atoms with Crippen molar-refractivity contribution < 1.29 is 0 Å². The van der Waals surface area contributed by atoms with Gasteiger partial charge in [-0.25, -0.2) is 0 Å². The van der Waals surface area contributed by atoms with E-state index in [9.17, 15) is 0 Å². The zero-order valence-corrected chi connectivity index (χ0v) is 25.0. The van der Waals surface area contributed by atoms with Crippen LogP contribution in [0.3, 0.4) is 0 Å². The third-order valence-electron chi connectivity index (χ3n) is 6.09. The lowest BCUT2D eigenvalue weighted by Gasteiger charge is -2.26. The molecule has 4 heterocycles. The molecule has 2 aliphatic heterocycles. The number of halogens is 2. The first-order chi connectivity index (χ1) is 16.1. The van der Waals surface area contributed by atoms with Gasteiger partial charge in [0.25, 0.3) is 0 Å². The second-order valence-corrected chi connectivity index (χ2v) is 14.1. The summed E-state index contributed by atoms with van der Waals surface area (Å²) >= 11 is 13.0. The molecule has 2 aromatic heterocycles. The Hall–Kier alpha value is -0.470. The highest BCUT2D eigenvalue weighted by molar-refractivity contribution is 9.11. The average molecular weight is 629 g/mol. The Bertz CT molecular complexity index is 1050. The number of unbranched alkanes of at least 4 members (excludes halogenated alkanes) is 6. The Morgan fingerprint density at radius 3 is 2.00 bits per heavy atom. The largest absolute Gasteiger partial charge is 0.316 e. The van der Waals surface area contributed by atoms with Gasteiger partial charge < -0.3 is 4.72 Å². The molecule has 7 heteroatoms. The fraction of sp³-hybridized carbons (Fsp3) is 0.462. The molecule has 0 spiro atoms. The topological polar surface area (TPSA) is 15.3 Å². The van der Waals surface area contributed by atoms with Crippen molar-refractivity contribution in [1.29, 1.82) is 0 Å². The van der Waals surface area contributed by atoms with E-state index in [1.54, 1.807) is 12.1 Å². The maximum Gasteiger partial charge on any atom is 0.0794 e. The van der Waals surface area contributed by atoms with Crippen LogP contribution in [-0.2, 0) is 12.8 Å². The van der Waals surface area contributed by atoms with E-state index in [4.69, 9.17) is 0 Å². The smallest absolute Gasteiger partial charge is 0.0794 e. The molecular formula is C26H32Br2N2S3. The molecule has 0 aliphatic carbocycles. The second-order valence-electron chi connectivity index (χ2n) is 8.61. The summed E-state index contributed by atoms with van der Waals surface area (Å²) in [6, 6.07) is 4.78. The summed E-state index contributed by atoms with van der Waals surface area (Å²) in [5, 5.41) is 0. The fourth-order valence-corrected chi connectivity index (χ4v) is 8.64. The van der Waals surface area contributed by atoms with Crippen LogP contribution in [0.4, 0.5) is 0 Å². The van der Waals surface area contributed by atoms with Gasteiger partial charge in [-0.05, 0) is 93.0 Å². The van der Waals surface area contributed by atoms with Crippen molar-refractivity contribution in [3.05, 3.63) is 64.6 Å². The van der Waals surface area contributed by atoms with Crippen molar-refractivity contribution in [1.82, 2.24) is 9.03 Å². The molecule has 33 heavy (non-hydrogen) atoms. The third-order valence-corrected chi connectivity index (χ3v) is 10.9. The van der Waals surface area contributed by atoms with Crippen LogP contribution < -0.4 is 4.72 Å². The molecule has 0 fully saturated rings. The Balaban J connectivity index is 1.53. The molecule has 1 N–H and O–H groups in total. The Morgan fingerprint density at radius 1 is 0.758 bits per heavy atom. The van der Waals surface area contributed by atoms with Gasteiger partial charge in [0.2, 0.25) is 0 Å². The van der Waals surface area contributed by atoms with Gasteiger partial charge in [-0.15, -0.1) is 22.7 Å². The molecule has 0 unspecified atom stereocenters. The minimum Gasteiger partial charge on any atom is -0.316 e. The number of thiophene rings is 2. The minimum absolute atomic E-state index is 1.16. The lowest BCUT2D eigenvalue weighted by molar-refractivity contribution is 0.667. The summed E-state index contributed by atoms with van der Waals surface area (Å²) in [6.07, 6.45) is 19.5. The molecule has 2 nitrogen and oxygen atoms in total. The first-order valence-corrected chi connectivity index (χ1v) is 16.0. The SMILES string of the molecule is CCCCCCc1cc(C2=CC=C(c3cc(CCCCCC)c(Br)s3)N3SNC=C23)sc1Br. The lowest BCUT2D eigenvalue weighted by Crippen LogP contribution is -2.14. The summed E-state index contributed by atoms with van der Waals surface area (Å²) in [6.45, 7) is 4.54. The highest BCUT2D eigenvalue weighted by Gasteiger charge is 2.30. The highest BCUT2D eigenvalue weighted by Crippen LogP contribution is 2.47. The van der Waals surface area contributed by atoms with E-state index in [1.807, 2.05) is 22.7 Å². The van der Waals surface area contributed by atoms with Crippen molar-refractivity contribution in [2.24, 2.45) is 0 Å². The van der Waals surface area contributed by atoms with Crippen LogP contribution in [0.1, 0.15) is 86.1 Å². The van der Waals surface area contributed by atoms with Crippen LogP contribution in [0.15, 0.2) is 43.8 Å². The number of rotatable bonds is 12. The summed E-state index contributed by atoms with van der Waals surface area (Å²) in [4.78, 5) is 2.67. The molecule has 0 bridgehead atoms. The van der Waals surface area contributed by atoms with Gasteiger partial charge in [0.05, 0.1) is 36.0 Å². The van der Waals surface area contributed by atoms with Gasteiger partial charge in [-0.2, -0.15) is 0 Å². The monoisotopic (exact) mass is 626 g/mol. The average Bonchev–Trinajstić information content (AvgIpc) is 3.53. The standard InChI is InChI=1S/C26H32Br2N2S3/c1-3-5-7-9-11-18-15-23(31-25(18)27)20-13-14-21(30-22(20)17-29-33-30)24-16-19(26(28)32-24)12-10-8-6-4-2/h13-17,29H,3-12H2,1-2H3. The van der Waals surface area contributed by atoms with Gasteiger partial charge in [-0.1, -0.05) is 52.4 Å². The maximum atomic E-state index is 3.83. The number of aryl methyl sites for hydroxylation is 2. The van der Waals surface area contributed by atoms with Crippen LogP contribution in [0, 0.1) is 0 Å². The Kier molecular flexibility index (Phi) is 9.69. The second kappa shape index (κ2) is 12.5. The van der Waals surface area contributed by atoms with Crippen LogP contribution in [-0.4, -0.2) is 4.31 Å². The van der Waals surface area contributed by atoms with Crippen molar-refractivity contribution in [3.63, 3.8) is 0 Å². The van der Waals surface area contributed by atoms with E-state index < -0.39 is 0 Å². The molecule has 0 saturated heterocycles. The number of fused-ring (bicyclic) bond motifs is 1. The lowest BCUT2D eigenvalue weighted by atomic mass is 10.0. The number of allylic oxidation sites excluding steroid dienone is 3. The van der Waals surface area contributed by atoms with Crippen molar-refractivity contribution in [3.8, 4) is 0 Å². The molecule has 2 aliphatic rings. The van der Waals surface area contributed by atoms with Crippen LogP contribution in [0.5, 0.6) is 0 Å². The molecule has 0 saturated carbocycles. The van der Waals surface area contributed by atoms with Crippen LogP contribution in [0.2, 0.25) is 0 Å². The zero-order chi connectivity index (χ0) is 23.2. The van der Waals surface area contributed by atoms with E-state index in [2.05, 4.69) is 85.2 Å². The Labute approximate surface area is 228 Å². The van der Waals surface area contributed by atoms with Gasteiger partial charge in [0.1, 0.15) is 0 Å². The van der Waals surface area contributed by atoms with E-state index in [0.29, 0.717) is 0 Å². The first kappa shape index (κ1) is 25.6. The predicted molar refractivity (Wildman–Crippen MR) is 156 cm³/mol. The molecule has 0 aromatic carbocycles. The molecule has 178 valence electrons. The fourth-order valence-electron chi connectivity index (χ4n) is 4.21. The van der Waals surface area contributed by atoms with Crippen molar-refractivity contribution >= 4 is 77.9 Å². The molecule has 2 aromatic rings. The summed E-state index contributed by atoms with van der Waals surface area (Å²) in [5.74, 6) is 0. The maximum absolute atomic E-state index is 3.83. The number of nitrogens with one attached hydrogen (secondary N) is 1. The normalized spacial score (nSPS) is 15.3. The van der Waals surface area contributed by atoms with E-state index >= 15 is 0 Å². The highest BCUT2D eigenvalue weighted by atomic mass is 79.9. The number of hydrogen-bond donors (Lipinski definition) is 1.